The van der Waals surface area contributed by atoms with Crippen LogP contribution in [-0.2, 0) is 13.5 Å². The summed E-state index contributed by atoms with van der Waals surface area (Å²) in [5.74, 6) is 2.19. The topological polar surface area (TPSA) is 94.5 Å². The Morgan fingerprint density at radius 3 is 2.94 bits per heavy atom. The normalized spacial score (nSPS) is 10.5. The molecule has 90 valence electrons. The average molecular weight is 233 g/mol. The number of nitrogens with zero attached hydrogens (tertiary/aromatic N) is 5. The SMILES string of the molecule is Cc1c(N)ncnc1NCCc1nncn1C. The average Bonchev–Trinajstić information content (AvgIpc) is 2.71. The molecule has 0 atom stereocenters. The molecule has 0 amide bonds. The number of nitrogen functional groups attached to an aromatic ring is 1. The van der Waals surface area contributed by atoms with Gasteiger partial charge in [-0.2, -0.15) is 0 Å². The first kappa shape index (κ1) is 11.3. The van der Waals surface area contributed by atoms with E-state index in [1.165, 1.54) is 6.33 Å². The number of hydrogen-bond donors (Lipinski definition) is 2. The molecule has 3 N–H and O–H groups in total. The second-order valence-electron chi connectivity index (χ2n) is 3.77. The molecule has 0 aliphatic heterocycles. The maximum atomic E-state index is 5.69. The number of aromatic nitrogens is 5. The van der Waals surface area contributed by atoms with E-state index in [1.54, 1.807) is 6.33 Å². The smallest absolute Gasteiger partial charge is 0.134 e. The van der Waals surface area contributed by atoms with Crippen LogP contribution >= 0.6 is 0 Å². The van der Waals surface area contributed by atoms with Gasteiger partial charge in [-0.25, -0.2) is 9.97 Å². The number of hydrogen-bond acceptors (Lipinski definition) is 6. The molecular weight excluding hydrogens is 218 g/mol. The molecule has 2 rings (SSSR count). The van der Waals surface area contributed by atoms with Crippen molar-refractivity contribution in [2.24, 2.45) is 7.05 Å². The predicted molar refractivity (Wildman–Crippen MR) is 64.4 cm³/mol. The zero-order valence-corrected chi connectivity index (χ0v) is 9.88. The summed E-state index contributed by atoms with van der Waals surface area (Å²) in [7, 11) is 1.92. The van der Waals surface area contributed by atoms with Gasteiger partial charge in [0.1, 0.15) is 30.1 Å². The highest BCUT2D eigenvalue weighted by molar-refractivity contribution is 5.53. The van der Waals surface area contributed by atoms with E-state index < -0.39 is 0 Å². The molecule has 2 aromatic heterocycles. The van der Waals surface area contributed by atoms with Crippen molar-refractivity contribution in [1.29, 1.82) is 0 Å². The lowest BCUT2D eigenvalue weighted by molar-refractivity contribution is 0.787. The summed E-state index contributed by atoms with van der Waals surface area (Å²) in [4.78, 5) is 8.05. The molecule has 0 aromatic carbocycles. The van der Waals surface area contributed by atoms with E-state index in [2.05, 4.69) is 25.5 Å². The van der Waals surface area contributed by atoms with Gasteiger partial charge in [0.25, 0.3) is 0 Å². The molecule has 2 aromatic rings. The number of rotatable bonds is 4. The van der Waals surface area contributed by atoms with E-state index in [1.807, 2.05) is 18.5 Å². The minimum Gasteiger partial charge on any atom is -0.383 e. The van der Waals surface area contributed by atoms with E-state index in [0.717, 1.165) is 30.2 Å². The van der Waals surface area contributed by atoms with Crippen molar-refractivity contribution in [2.75, 3.05) is 17.6 Å². The van der Waals surface area contributed by atoms with Gasteiger partial charge in [-0.05, 0) is 6.92 Å². The molecule has 0 bridgehead atoms. The fourth-order valence-electron chi connectivity index (χ4n) is 1.47. The Kier molecular flexibility index (Phi) is 3.17. The molecule has 0 unspecified atom stereocenters. The molecule has 17 heavy (non-hydrogen) atoms. The zero-order chi connectivity index (χ0) is 12.3. The third-order valence-corrected chi connectivity index (χ3v) is 2.57. The fourth-order valence-corrected chi connectivity index (χ4v) is 1.47. The van der Waals surface area contributed by atoms with Gasteiger partial charge in [0, 0.05) is 25.6 Å². The predicted octanol–water partition coefficient (Wildman–Crippen LogP) is 0.150. The van der Waals surface area contributed by atoms with Crippen LogP contribution in [0, 0.1) is 6.92 Å². The third kappa shape index (κ3) is 2.49. The number of nitrogens with one attached hydrogen (secondary N) is 1. The fraction of sp³-hybridized carbons (Fsp3) is 0.400. The summed E-state index contributed by atoms with van der Waals surface area (Å²) >= 11 is 0. The van der Waals surface area contributed by atoms with Crippen molar-refractivity contribution in [2.45, 2.75) is 13.3 Å². The van der Waals surface area contributed by atoms with Crippen LogP contribution in [0.2, 0.25) is 0 Å². The summed E-state index contributed by atoms with van der Waals surface area (Å²) in [6.07, 6.45) is 3.91. The Balaban J connectivity index is 1.95. The van der Waals surface area contributed by atoms with Gasteiger partial charge < -0.3 is 15.6 Å². The maximum absolute atomic E-state index is 5.69. The quantitative estimate of drug-likeness (QED) is 0.780. The molecule has 0 fully saturated rings. The highest BCUT2D eigenvalue weighted by Gasteiger charge is 2.04. The lowest BCUT2D eigenvalue weighted by Gasteiger charge is -2.08. The molecule has 0 spiro atoms. The van der Waals surface area contributed by atoms with Gasteiger partial charge in [0.2, 0.25) is 0 Å². The number of anilines is 2. The van der Waals surface area contributed by atoms with Crippen molar-refractivity contribution < 1.29 is 0 Å². The molecule has 0 saturated heterocycles. The van der Waals surface area contributed by atoms with E-state index in [0.29, 0.717) is 5.82 Å². The van der Waals surface area contributed by atoms with Crippen LogP contribution in [0.3, 0.4) is 0 Å². The summed E-state index contributed by atoms with van der Waals surface area (Å²) < 4.78 is 1.89. The number of aryl methyl sites for hydroxylation is 1. The van der Waals surface area contributed by atoms with Crippen LogP contribution in [0.5, 0.6) is 0 Å². The monoisotopic (exact) mass is 233 g/mol. The van der Waals surface area contributed by atoms with Crippen LogP contribution in [0.1, 0.15) is 11.4 Å². The van der Waals surface area contributed by atoms with Crippen molar-refractivity contribution in [3.05, 3.63) is 24.0 Å². The van der Waals surface area contributed by atoms with Crippen molar-refractivity contribution in [3.8, 4) is 0 Å². The van der Waals surface area contributed by atoms with Gasteiger partial charge in [-0.15, -0.1) is 10.2 Å². The minimum atomic E-state index is 0.501. The van der Waals surface area contributed by atoms with Crippen LogP contribution in [0.15, 0.2) is 12.7 Å². The number of nitrogens with two attached hydrogens (primary N) is 1. The third-order valence-electron chi connectivity index (χ3n) is 2.57. The molecular formula is C10H15N7. The molecule has 0 aliphatic carbocycles. The molecule has 7 nitrogen and oxygen atoms in total. The highest BCUT2D eigenvalue weighted by atomic mass is 15.2. The van der Waals surface area contributed by atoms with Gasteiger partial charge in [0.05, 0.1) is 0 Å². The van der Waals surface area contributed by atoms with Crippen molar-refractivity contribution >= 4 is 11.6 Å². The second-order valence-corrected chi connectivity index (χ2v) is 3.77. The minimum absolute atomic E-state index is 0.501. The Morgan fingerprint density at radius 2 is 2.24 bits per heavy atom. The largest absolute Gasteiger partial charge is 0.383 e. The van der Waals surface area contributed by atoms with E-state index >= 15 is 0 Å². The second kappa shape index (κ2) is 4.77. The summed E-state index contributed by atoms with van der Waals surface area (Å²) in [6, 6.07) is 0. The van der Waals surface area contributed by atoms with Gasteiger partial charge in [0.15, 0.2) is 0 Å². The van der Waals surface area contributed by atoms with E-state index in [-0.39, 0.29) is 0 Å². The molecule has 2 heterocycles. The Hall–Kier alpha value is -2.18. The first-order valence-electron chi connectivity index (χ1n) is 5.32. The molecule has 0 radical (unpaired) electrons. The Bertz CT molecular complexity index is 505. The Morgan fingerprint density at radius 1 is 1.41 bits per heavy atom. The summed E-state index contributed by atoms with van der Waals surface area (Å²) in [6.45, 7) is 2.61. The molecule has 0 saturated carbocycles. The highest BCUT2D eigenvalue weighted by Crippen LogP contribution is 2.14. The van der Waals surface area contributed by atoms with Crippen molar-refractivity contribution in [1.82, 2.24) is 24.7 Å². The molecule has 7 heteroatoms. The van der Waals surface area contributed by atoms with E-state index in [4.69, 9.17) is 5.73 Å². The standard InChI is InChI=1S/C10H15N7/c1-7-9(11)13-5-14-10(7)12-4-3-8-16-15-6-17(8)2/h5-6H,3-4H2,1-2H3,(H3,11,12,13,14). The van der Waals surface area contributed by atoms with Gasteiger partial charge >= 0.3 is 0 Å². The van der Waals surface area contributed by atoms with Gasteiger partial charge in [-0.3, -0.25) is 0 Å². The summed E-state index contributed by atoms with van der Waals surface area (Å²) in [5, 5.41) is 11.0. The first-order valence-corrected chi connectivity index (χ1v) is 5.32. The Labute approximate surface area is 99.1 Å². The van der Waals surface area contributed by atoms with Crippen molar-refractivity contribution in [3.63, 3.8) is 0 Å². The first-order chi connectivity index (χ1) is 8.18. The van der Waals surface area contributed by atoms with E-state index in [9.17, 15) is 0 Å². The van der Waals surface area contributed by atoms with Crippen LogP contribution in [0.25, 0.3) is 0 Å². The molecule has 0 aliphatic rings. The zero-order valence-electron chi connectivity index (χ0n) is 9.88. The van der Waals surface area contributed by atoms with Crippen LogP contribution in [-0.4, -0.2) is 31.3 Å². The van der Waals surface area contributed by atoms with Gasteiger partial charge in [-0.1, -0.05) is 0 Å². The lowest BCUT2D eigenvalue weighted by atomic mass is 10.3. The van der Waals surface area contributed by atoms with Crippen LogP contribution < -0.4 is 11.1 Å². The summed E-state index contributed by atoms with van der Waals surface area (Å²) in [5.41, 5.74) is 6.56. The van der Waals surface area contributed by atoms with Crippen LogP contribution in [0.4, 0.5) is 11.6 Å². The maximum Gasteiger partial charge on any atom is 0.134 e. The lowest BCUT2D eigenvalue weighted by Crippen LogP contribution is -2.11.